The summed E-state index contributed by atoms with van der Waals surface area (Å²) < 4.78 is 5.72. The van der Waals surface area contributed by atoms with Crippen LogP contribution in [0.1, 0.15) is 26.2 Å². The molecule has 112 valence electrons. The van der Waals surface area contributed by atoms with Crippen LogP contribution >= 0.6 is 0 Å². The number of hydrogen-bond donors (Lipinski definition) is 1. The zero-order chi connectivity index (χ0) is 14.5. The normalized spacial score (nSPS) is 19.9. The van der Waals surface area contributed by atoms with Crippen LogP contribution in [0, 0.1) is 0 Å². The van der Waals surface area contributed by atoms with Crippen LogP contribution in [0.15, 0.2) is 18.2 Å². The van der Waals surface area contributed by atoms with Gasteiger partial charge in [0.25, 0.3) is 0 Å². The van der Waals surface area contributed by atoms with E-state index in [1.165, 1.54) is 19.4 Å². The van der Waals surface area contributed by atoms with Gasteiger partial charge in [0.1, 0.15) is 5.75 Å². The molecule has 4 heteroatoms. The van der Waals surface area contributed by atoms with Gasteiger partial charge in [-0.3, -0.25) is 0 Å². The second-order valence-corrected chi connectivity index (χ2v) is 5.78. The number of likely N-dealkylation sites (N-methyl/N-ethyl adjacent to an activating group) is 2. The molecule has 0 aromatic heterocycles. The monoisotopic (exact) mass is 277 g/mol. The smallest absolute Gasteiger partial charge is 0.123 e. The fourth-order valence-electron chi connectivity index (χ4n) is 2.78. The summed E-state index contributed by atoms with van der Waals surface area (Å²) in [4.78, 5) is 4.73. The Morgan fingerprint density at radius 3 is 2.90 bits per heavy atom. The van der Waals surface area contributed by atoms with Crippen molar-refractivity contribution in [2.45, 2.75) is 32.2 Å². The van der Waals surface area contributed by atoms with Gasteiger partial charge in [-0.15, -0.1) is 0 Å². The zero-order valence-electron chi connectivity index (χ0n) is 12.9. The predicted molar refractivity (Wildman–Crippen MR) is 85.6 cm³/mol. The van der Waals surface area contributed by atoms with Crippen molar-refractivity contribution in [3.63, 3.8) is 0 Å². The molecule has 0 saturated carbocycles. The fraction of sp³-hybridized carbons (Fsp3) is 0.625. The summed E-state index contributed by atoms with van der Waals surface area (Å²) in [5.74, 6) is 0.873. The molecule has 2 rings (SSSR count). The molecule has 0 radical (unpaired) electrons. The molecular weight excluding hydrogens is 250 g/mol. The van der Waals surface area contributed by atoms with Gasteiger partial charge < -0.3 is 20.3 Å². The minimum atomic E-state index is 0.551. The van der Waals surface area contributed by atoms with E-state index in [1.54, 1.807) is 0 Å². The van der Waals surface area contributed by atoms with Crippen LogP contribution in [0.3, 0.4) is 0 Å². The lowest BCUT2D eigenvalue weighted by Crippen LogP contribution is -2.45. The highest BCUT2D eigenvalue weighted by atomic mass is 16.5. The van der Waals surface area contributed by atoms with E-state index < -0.39 is 0 Å². The number of likely N-dealkylation sites (tertiary alicyclic amines) is 1. The van der Waals surface area contributed by atoms with Gasteiger partial charge in [0.2, 0.25) is 0 Å². The number of benzene rings is 1. The van der Waals surface area contributed by atoms with E-state index in [4.69, 9.17) is 10.5 Å². The van der Waals surface area contributed by atoms with Crippen molar-refractivity contribution in [2.24, 2.45) is 0 Å². The molecule has 0 bridgehead atoms. The fourth-order valence-corrected chi connectivity index (χ4v) is 2.78. The third kappa shape index (κ3) is 3.79. The standard InChI is InChI=1S/C16H27N3O/c1-4-8-20-16-10-13(17)9-15(11-16)19(3)14-6-5-7-18(2)12-14/h9-11,14H,4-8,12,17H2,1-3H3. The molecule has 1 aliphatic heterocycles. The first-order valence-electron chi connectivity index (χ1n) is 7.55. The van der Waals surface area contributed by atoms with Gasteiger partial charge in [-0.2, -0.15) is 0 Å². The third-order valence-electron chi connectivity index (χ3n) is 3.94. The van der Waals surface area contributed by atoms with Crippen molar-refractivity contribution in [1.82, 2.24) is 4.90 Å². The molecule has 1 heterocycles. The average Bonchev–Trinajstić information content (AvgIpc) is 2.43. The second kappa shape index (κ2) is 6.84. The highest BCUT2D eigenvalue weighted by Crippen LogP contribution is 2.28. The van der Waals surface area contributed by atoms with Crippen LogP contribution in [0.2, 0.25) is 0 Å². The number of hydrogen-bond acceptors (Lipinski definition) is 4. The third-order valence-corrected chi connectivity index (χ3v) is 3.94. The quantitative estimate of drug-likeness (QED) is 0.840. The maximum atomic E-state index is 6.01. The Balaban J connectivity index is 2.11. The predicted octanol–water partition coefficient (Wildman–Crippen LogP) is 2.59. The molecule has 0 spiro atoms. The minimum absolute atomic E-state index is 0.551. The number of nitrogens with zero attached hydrogens (tertiary/aromatic N) is 2. The summed E-state index contributed by atoms with van der Waals surface area (Å²) in [6.45, 7) is 5.15. The van der Waals surface area contributed by atoms with E-state index in [2.05, 4.69) is 36.9 Å². The first-order valence-corrected chi connectivity index (χ1v) is 7.55. The van der Waals surface area contributed by atoms with Gasteiger partial charge >= 0.3 is 0 Å². The molecule has 20 heavy (non-hydrogen) atoms. The van der Waals surface area contributed by atoms with Gasteiger partial charge in [0.15, 0.2) is 0 Å². The highest BCUT2D eigenvalue weighted by Gasteiger charge is 2.21. The van der Waals surface area contributed by atoms with Crippen LogP contribution in [0.25, 0.3) is 0 Å². The van der Waals surface area contributed by atoms with Gasteiger partial charge in [0.05, 0.1) is 6.61 Å². The van der Waals surface area contributed by atoms with E-state index in [-0.39, 0.29) is 0 Å². The Labute approximate surface area is 122 Å². The van der Waals surface area contributed by atoms with Crippen LogP contribution in [0.5, 0.6) is 5.75 Å². The largest absolute Gasteiger partial charge is 0.493 e. The number of ether oxygens (including phenoxy) is 1. The van der Waals surface area contributed by atoms with Crippen molar-refractivity contribution in [1.29, 1.82) is 0 Å². The summed E-state index contributed by atoms with van der Waals surface area (Å²) in [5, 5.41) is 0. The molecule has 1 aliphatic rings. The van der Waals surface area contributed by atoms with Crippen LogP contribution in [-0.4, -0.2) is 44.7 Å². The van der Waals surface area contributed by atoms with E-state index >= 15 is 0 Å². The topological polar surface area (TPSA) is 41.7 Å². The number of nitrogens with two attached hydrogens (primary N) is 1. The maximum Gasteiger partial charge on any atom is 0.123 e. The van der Waals surface area contributed by atoms with Crippen LogP contribution in [-0.2, 0) is 0 Å². The van der Waals surface area contributed by atoms with Gasteiger partial charge in [-0.1, -0.05) is 6.92 Å². The number of anilines is 2. The van der Waals surface area contributed by atoms with E-state index in [1.807, 2.05) is 12.1 Å². The molecule has 0 amide bonds. The lowest BCUT2D eigenvalue weighted by Gasteiger charge is -2.37. The Bertz CT molecular complexity index is 436. The Hall–Kier alpha value is -1.42. The minimum Gasteiger partial charge on any atom is -0.493 e. The van der Waals surface area contributed by atoms with Crippen LogP contribution < -0.4 is 15.4 Å². The maximum absolute atomic E-state index is 6.01. The summed E-state index contributed by atoms with van der Waals surface area (Å²) in [5.41, 5.74) is 7.93. The van der Waals surface area contributed by atoms with E-state index in [9.17, 15) is 0 Å². The van der Waals surface area contributed by atoms with Crippen molar-refractivity contribution < 1.29 is 4.74 Å². The van der Waals surface area contributed by atoms with Gasteiger partial charge in [-0.05, 0) is 38.9 Å². The molecule has 1 aromatic rings. The Morgan fingerprint density at radius 1 is 1.40 bits per heavy atom. The molecule has 1 aromatic carbocycles. The summed E-state index contributed by atoms with van der Waals surface area (Å²) in [7, 11) is 4.34. The first kappa shape index (κ1) is 15.0. The lowest BCUT2D eigenvalue weighted by molar-refractivity contribution is 0.248. The molecule has 1 saturated heterocycles. The first-order chi connectivity index (χ1) is 9.60. The number of piperidine rings is 1. The average molecular weight is 277 g/mol. The van der Waals surface area contributed by atoms with E-state index in [0.29, 0.717) is 6.04 Å². The number of rotatable bonds is 5. The molecule has 1 atom stereocenters. The van der Waals surface area contributed by atoms with Gasteiger partial charge in [-0.25, -0.2) is 0 Å². The van der Waals surface area contributed by atoms with Crippen molar-refractivity contribution >= 4 is 11.4 Å². The van der Waals surface area contributed by atoms with E-state index in [0.717, 1.165) is 36.7 Å². The summed E-state index contributed by atoms with van der Waals surface area (Å²) in [6, 6.07) is 6.59. The van der Waals surface area contributed by atoms with Crippen molar-refractivity contribution in [3.05, 3.63) is 18.2 Å². The molecule has 2 N–H and O–H groups in total. The van der Waals surface area contributed by atoms with Crippen molar-refractivity contribution in [3.8, 4) is 5.75 Å². The molecule has 4 nitrogen and oxygen atoms in total. The summed E-state index contributed by atoms with van der Waals surface area (Å²) in [6.07, 6.45) is 3.50. The molecule has 1 fully saturated rings. The molecule has 0 aliphatic carbocycles. The molecular formula is C16H27N3O. The highest BCUT2D eigenvalue weighted by molar-refractivity contribution is 5.60. The number of nitrogen functional groups attached to an aromatic ring is 1. The lowest BCUT2D eigenvalue weighted by atomic mass is 10.0. The van der Waals surface area contributed by atoms with Crippen LogP contribution in [0.4, 0.5) is 11.4 Å². The van der Waals surface area contributed by atoms with Gasteiger partial charge in [0, 0.05) is 43.1 Å². The summed E-state index contributed by atoms with van der Waals surface area (Å²) >= 11 is 0. The SMILES string of the molecule is CCCOc1cc(N)cc(N(C)C2CCCN(C)C2)c1. The van der Waals surface area contributed by atoms with Crippen molar-refractivity contribution in [2.75, 3.05) is 44.4 Å². The molecule has 1 unspecified atom stereocenters. The second-order valence-electron chi connectivity index (χ2n) is 5.78. The Morgan fingerprint density at radius 2 is 2.20 bits per heavy atom. The Kier molecular flexibility index (Phi) is 5.12. The zero-order valence-corrected chi connectivity index (χ0v) is 12.9.